The first kappa shape index (κ1) is 19.8. The molecule has 0 atom stereocenters. The zero-order chi connectivity index (χ0) is 20.5. The fourth-order valence-electron chi connectivity index (χ4n) is 3.72. The Balaban J connectivity index is 1.87. The highest BCUT2D eigenvalue weighted by molar-refractivity contribution is 6.32. The van der Waals surface area contributed by atoms with Crippen molar-refractivity contribution in [3.05, 3.63) is 63.4 Å². The summed E-state index contributed by atoms with van der Waals surface area (Å²) in [6.07, 6.45) is 1.04. The van der Waals surface area contributed by atoms with E-state index >= 15 is 0 Å². The molecule has 0 bridgehead atoms. The molecule has 0 saturated carbocycles. The molecule has 2 heterocycles. The monoisotopic (exact) mass is 415 g/mol. The smallest absolute Gasteiger partial charge is 0.266 e. The SMILES string of the molecule is CN1CCCN(Cc2nc3cc(N)ccc3c(=O)n2-c2ccc(F)cc2Cl)CC1. The summed E-state index contributed by atoms with van der Waals surface area (Å²) in [7, 11) is 2.11. The van der Waals surface area contributed by atoms with Crippen LogP contribution in [-0.4, -0.2) is 52.6 Å². The highest BCUT2D eigenvalue weighted by atomic mass is 35.5. The Kier molecular flexibility index (Phi) is 5.54. The number of nitrogens with zero attached hydrogens (tertiary/aromatic N) is 4. The summed E-state index contributed by atoms with van der Waals surface area (Å²) in [6.45, 7) is 4.25. The van der Waals surface area contributed by atoms with E-state index in [1.807, 2.05) is 0 Å². The van der Waals surface area contributed by atoms with E-state index in [9.17, 15) is 9.18 Å². The van der Waals surface area contributed by atoms with E-state index in [-0.39, 0.29) is 10.6 Å². The van der Waals surface area contributed by atoms with Crippen LogP contribution in [-0.2, 0) is 6.54 Å². The summed E-state index contributed by atoms with van der Waals surface area (Å²) in [5, 5.41) is 0.611. The minimum atomic E-state index is -0.453. The number of anilines is 1. The van der Waals surface area contributed by atoms with Gasteiger partial charge in [-0.2, -0.15) is 0 Å². The van der Waals surface area contributed by atoms with Crippen LogP contribution in [0.3, 0.4) is 0 Å². The van der Waals surface area contributed by atoms with Crippen LogP contribution in [0.1, 0.15) is 12.2 Å². The van der Waals surface area contributed by atoms with Crippen LogP contribution in [0.4, 0.5) is 10.1 Å². The zero-order valence-electron chi connectivity index (χ0n) is 16.2. The molecule has 2 N–H and O–H groups in total. The number of nitrogens with two attached hydrogens (primary N) is 1. The second-order valence-electron chi connectivity index (χ2n) is 7.47. The number of fused-ring (bicyclic) bond motifs is 1. The van der Waals surface area contributed by atoms with E-state index in [1.165, 1.54) is 22.8 Å². The summed E-state index contributed by atoms with van der Waals surface area (Å²) in [4.78, 5) is 22.7. The molecule has 0 spiro atoms. The Morgan fingerprint density at radius 2 is 1.97 bits per heavy atom. The molecule has 1 aromatic heterocycles. The molecule has 6 nitrogen and oxygen atoms in total. The quantitative estimate of drug-likeness (QED) is 0.666. The fraction of sp³-hybridized carbons (Fsp3) is 0.333. The van der Waals surface area contributed by atoms with E-state index in [0.717, 1.165) is 32.6 Å². The number of likely N-dealkylation sites (N-methyl/N-ethyl adjacent to an activating group) is 1. The van der Waals surface area contributed by atoms with Crippen LogP contribution in [0.5, 0.6) is 0 Å². The van der Waals surface area contributed by atoms with Crippen molar-refractivity contribution in [3.63, 3.8) is 0 Å². The first-order chi connectivity index (χ1) is 13.9. The van der Waals surface area contributed by atoms with Crippen LogP contribution in [0, 0.1) is 5.82 Å². The topological polar surface area (TPSA) is 67.4 Å². The predicted octanol–water partition coefficient (Wildman–Crippen LogP) is 2.90. The second-order valence-corrected chi connectivity index (χ2v) is 7.88. The summed E-state index contributed by atoms with van der Waals surface area (Å²) < 4.78 is 15.1. The molecular weight excluding hydrogens is 393 g/mol. The van der Waals surface area contributed by atoms with Crippen molar-refractivity contribution < 1.29 is 4.39 Å². The average Bonchev–Trinajstić information content (AvgIpc) is 2.87. The van der Waals surface area contributed by atoms with Gasteiger partial charge in [-0.1, -0.05) is 11.6 Å². The Morgan fingerprint density at radius 3 is 2.76 bits per heavy atom. The minimum Gasteiger partial charge on any atom is -0.399 e. The lowest BCUT2D eigenvalue weighted by Crippen LogP contribution is -2.33. The third kappa shape index (κ3) is 4.12. The number of aromatic nitrogens is 2. The van der Waals surface area contributed by atoms with Gasteiger partial charge < -0.3 is 10.6 Å². The van der Waals surface area contributed by atoms with Gasteiger partial charge in [0.05, 0.1) is 28.2 Å². The molecule has 1 fully saturated rings. The van der Waals surface area contributed by atoms with Crippen molar-refractivity contribution in [1.82, 2.24) is 19.4 Å². The largest absolute Gasteiger partial charge is 0.399 e. The third-order valence-corrected chi connectivity index (χ3v) is 5.59. The third-order valence-electron chi connectivity index (χ3n) is 5.29. The van der Waals surface area contributed by atoms with Crippen molar-refractivity contribution in [2.24, 2.45) is 0 Å². The van der Waals surface area contributed by atoms with Gasteiger partial charge in [0.2, 0.25) is 0 Å². The Hall–Kier alpha value is -2.48. The molecule has 1 saturated heterocycles. The first-order valence-electron chi connectivity index (χ1n) is 9.60. The Morgan fingerprint density at radius 1 is 1.14 bits per heavy atom. The standard InChI is InChI=1S/C21H23ClFN5O/c1-26-7-2-8-27(10-9-26)13-20-25-18-12-15(24)4-5-16(18)21(29)28(20)19-6-3-14(23)11-17(19)22/h3-6,11-12H,2,7-10,13,24H2,1H3. The number of halogens is 2. The molecule has 0 aliphatic carbocycles. The molecule has 1 aliphatic heterocycles. The average molecular weight is 416 g/mol. The number of benzene rings is 2. The maximum absolute atomic E-state index is 13.6. The van der Waals surface area contributed by atoms with Crippen molar-refractivity contribution >= 4 is 28.2 Å². The molecule has 8 heteroatoms. The van der Waals surface area contributed by atoms with E-state index in [0.29, 0.717) is 34.6 Å². The van der Waals surface area contributed by atoms with Crippen molar-refractivity contribution in [2.75, 3.05) is 39.0 Å². The van der Waals surface area contributed by atoms with E-state index < -0.39 is 5.82 Å². The minimum absolute atomic E-state index is 0.167. The van der Waals surface area contributed by atoms with Gasteiger partial charge in [0.1, 0.15) is 11.6 Å². The number of hydrogen-bond donors (Lipinski definition) is 1. The summed E-state index contributed by atoms with van der Waals surface area (Å²) in [6, 6.07) is 9.06. The molecule has 1 aliphatic rings. The van der Waals surface area contributed by atoms with Gasteiger partial charge in [0, 0.05) is 18.8 Å². The zero-order valence-corrected chi connectivity index (χ0v) is 17.0. The normalized spacial score (nSPS) is 16.2. The first-order valence-corrected chi connectivity index (χ1v) is 9.97. The van der Waals surface area contributed by atoms with E-state index in [2.05, 4.69) is 16.8 Å². The predicted molar refractivity (Wildman–Crippen MR) is 114 cm³/mol. The van der Waals surface area contributed by atoms with Gasteiger partial charge in [0.15, 0.2) is 0 Å². The number of hydrogen-bond acceptors (Lipinski definition) is 5. The summed E-state index contributed by atoms with van der Waals surface area (Å²) in [5.74, 6) is 0.108. The Labute approximate surface area is 173 Å². The van der Waals surface area contributed by atoms with Crippen molar-refractivity contribution in [2.45, 2.75) is 13.0 Å². The van der Waals surface area contributed by atoms with E-state index in [4.69, 9.17) is 22.3 Å². The summed E-state index contributed by atoms with van der Waals surface area (Å²) in [5.41, 5.74) is 7.18. The van der Waals surface area contributed by atoms with Crippen molar-refractivity contribution in [1.29, 1.82) is 0 Å². The molecular formula is C21H23ClFN5O. The van der Waals surface area contributed by atoms with Gasteiger partial charge in [-0.05, 0) is 63.0 Å². The Bertz CT molecular complexity index is 1120. The van der Waals surface area contributed by atoms with Crippen molar-refractivity contribution in [3.8, 4) is 5.69 Å². The van der Waals surface area contributed by atoms with Crippen LogP contribution in [0.25, 0.3) is 16.6 Å². The lowest BCUT2D eigenvalue weighted by Gasteiger charge is -2.22. The van der Waals surface area contributed by atoms with Gasteiger partial charge in [-0.3, -0.25) is 14.3 Å². The van der Waals surface area contributed by atoms with Crippen LogP contribution >= 0.6 is 11.6 Å². The number of rotatable bonds is 3. The molecule has 0 amide bonds. The lowest BCUT2D eigenvalue weighted by molar-refractivity contribution is 0.261. The number of nitrogen functional groups attached to an aromatic ring is 1. The fourth-order valence-corrected chi connectivity index (χ4v) is 3.98. The lowest BCUT2D eigenvalue weighted by atomic mass is 10.2. The van der Waals surface area contributed by atoms with Gasteiger partial charge >= 0.3 is 0 Å². The van der Waals surface area contributed by atoms with Crippen LogP contribution in [0.15, 0.2) is 41.2 Å². The molecule has 152 valence electrons. The molecule has 0 radical (unpaired) electrons. The second kappa shape index (κ2) is 8.10. The highest BCUT2D eigenvalue weighted by Gasteiger charge is 2.19. The highest BCUT2D eigenvalue weighted by Crippen LogP contribution is 2.23. The van der Waals surface area contributed by atoms with Crippen LogP contribution in [0.2, 0.25) is 5.02 Å². The van der Waals surface area contributed by atoms with E-state index in [1.54, 1.807) is 18.2 Å². The van der Waals surface area contributed by atoms with Gasteiger partial charge in [0.25, 0.3) is 5.56 Å². The molecule has 29 heavy (non-hydrogen) atoms. The maximum atomic E-state index is 13.6. The molecule has 3 aromatic rings. The molecule has 0 unspecified atom stereocenters. The van der Waals surface area contributed by atoms with Crippen LogP contribution < -0.4 is 11.3 Å². The molecule has 2 aromatic carbocycles. The van der Waals surface area contributed by atoms with Gasteiger partial charge in [-0.25, -0.2) is 9.37 Å². The molecule has 4 rings (SSSR count). The van der Waals surface area contributed by atoms with Gasteiger partial charge in [-0.15, -0.1) is 0 Å². The summed E-state index contributed by atoms with van der Waals surface area (Å²) >= 11 is 6.30. The maximum Gasteiger partial charge on any atom is 0.266 e.